The monoisotopic (exact) mass is 426 g/mol. The normalized spacial score (nSPS) is 16.8. The fourth-order valence-electron chi connectivity index (χ4n) is 5.49. The predicted molar refractivity (Wildman–Crippen MR) is 134 cm³/mol. The lowest BCUT2D eigenvalue weighted by atomic mass is 9.60. The highest BCUT2D eigenvalue weighted by molar-refractivity contribution is 5.01. The number of unbranched alkanes of at least 4 members (excludes halogenated alkanes) is 2. The van der Waals surface area contributed by atoms with E-state index in [1.54, 1.807) is 0 Å². The number of aliphatic hydroxyl groups is 1. The lowest BCUT2D eigenvalue weighted by Crippen LogP contribution is -2.64. The van der Waals surface area contributed by atoms with Crippen molar-refractivity contribution in [3.8, 4) is 0 Å². The summed E-state index contributed by atoms with van der Waals surface area (Å²) in [5.74, 6) is 1.74. The van der Waals surface area contributed by atoms with Gasteiger partial charge in [0.1, 0.15) is 0 Å². The summed E-state index contributed by atoms with van der Waals surface area (Å²) in [4.78, 5) is 0. The third-order valence-corrected chi connectivity index (χ3v) is 7.96. The van der Waals surface area contributed by atoms with Crippen molar-refractivity contribution in [1.82, 2.24) is 0 Å². The van der Waals surface area contributed by atoms with Gasteiger partial charge in [0.05, 0.1) is 11.8 Å². The Hall–Kier alpha value is -0.120. The lowest BCUT2D eigenvalue weighted by Gasteiger charge is -2.51. The predicted octanol–water partition coefficient (Wildman–Crippen LogP) is 7.40. The van der Waals surface area contributed by atoms with Crippen LogP contribution in [-0.2, 0) is 0 Å². The van der Waals surface area contributed by atoms with Crippen molar-refractivity contribution < 1.29 is 5.11 Å². The van der Waals surface area contributed by atoms with Crippen LogP contribution in [0.2, 0.25) is 0 Å². The van der Waals surface area contributed by atoms with Crippen LogP contribution in [0.15, 0.2) is 0 Å². The van der Waals surface area contributed by atoms with Crippen LogP contribution in [0.5, 0.6) is 0 Å². The average Bonchev–Trinajstić information content (AvgIpc) is 2.71. The van der Waals surface area contributed by atoms with E-state index in [9.17, 15) is 5.11 Å². The highest BCUT2D eigenvalue weighted by Crippen LogP contribution is 2.47. The van der Waals surface area contributed by atoms with Gasteiger partial charge in [-0.15, -0.1) is 0 Å². The largest absolute Gasteiger partial charge is 0.393 e. The fourth-order valence-corrected chi connectivity index (χ4v) is 5.49. The molecule has 0 saturated carbocycles. The summed E-state index contributed by atoms with van der Waals surface area (Å²) < 4.78 is 0. The van der Waals surface area contributed by atoms with E-state index in [2.05, 4.69) is 48.5 Å². The molecular formula is C27H58N2O. The number of hydrogen-bond acceptors (Lipinski definition) is 3. The molecule has 0 aliphatic carbocycles. The molecule has 3 heteroatoms. The number of aliphatic hydroxyl groups excluding tert-OH is 1. The van der Waals surface area contributed by atoms with Crippen LogP contribution in [0.4, 0.5) is 0 Å². The summed E-state index contributed by atoms with van der Waals surface area (Å²) in [6.45, 7) is 15.9. The smallest absolute Gasteiger partial charge is 0.0698 e. The van der Waals surface area contributed by atoms with Crippen LogP contribution in [0.3, 0.4) is 0 Å². The van der Waals surface area contributed by atoms with E-state index in [0.717, 1.165) is 70.6 Å². The van der Waals surface area contributed by atoms with Gasteiger partial charge < -0.3 is 16.6 Å². The van der Waals surface area contributed by atoms with E-state index < -0.39 is 5.66 Å². The molecule has 3 nitrogen and oxygen atoms in total. The third-order valence-electron chi connectivity index (χ3n) is 7.96. The van der Waals surface area contributed by atoms with E-state index in [-0.39, 0.29) is 11.5 Å². The highest BCUT2D eigenvalue weighted by atomic mass is 16.3. The van der Waals surface area contributed by atoms with Crippen molar-refractivity contribution in [2.75, 3.05) is 0 Å². The number of nitrogens with two attached hydrogens (primary N) is 2. The van der Waals surface area contributed by atoms with Gasteiger partial charge in [-0.25, -0.2) is 0 Å². The Morgan fingerprint density at radius 3 is 1.70 bits per heavy atom. The van der Waals surface area contributed by atoms with E-state index in [4.69, 9.17) is 11.5 Å². The zero-order valence-electron chi connectivity index (χ0n) is 21.8. The maximum atomic E-state index is 11.2. The average molecular weight is 427 g/mol. The molecule has 0 radical (unpaired) electrons. The zero-order valence-corrected chi connectivity index (χ0v) is 21.8. The van der Waals surface area contributed by atoms with E-state index >= 15 is 0 Å². The maximum absolute atomic E-state index is 11.2. The second-order valence-corrected chi connectivity index (χ2v) is 10.5. The van der Waals surface area contributed by atoms with Gasteiger partial charge in [-0.3, -0.25) is 0 Å². The minimum atomic E-state index is -0.727. The first-order valence-corrected chi connectivity index (χ1v) is 13.4. The van der Waals surface area contributed by atoms with Gasteiger partial charge in [-0.2, -0.15) is 0 Å². The van der Waals surface area contributed by atoms with Crippen LogP contribution in [0, 0.1) is 23.2 Å². The first-order valence-electron chi connectivity index (χ1n) is 13.4. The Bertz CT molecular complexity index is 404. The van der Waals surface area contributed by atoms with Gasteiger partial charge in [0.15, 0.2) is 0 Å². The zero-order chi connectivity index (χ0) is 23.2. The van der Waals surface area contributed by atoms with Gasteiger partial charge in [0, 0.05) is 5.41 Å². The molecule has 0 rings (SSSR count). The Morgan fingerprint density at radius 1 is 0.733 bits per heavy atom. The molecule has 0 aliphatic rings. The second-order valence-electron chi connectivity index (χ2n) is 10.5. The highest BCUT2D eigenvalue weighted by Gasteiger charge is 2.48. The van der Waals surface area contributed by atoms with Crippen molar-refractivity contribution in [3.05, 3.63) is 0 Å². The minimum absolute atomic E-state index is 0.188. The molecule has 0 spiro atoms. The van der Waals surface area contributed by atoms with Crippen molar-refractivity contribution in [2.24, 2.45) is 34.6 Å². The van der Waals surface area contributed by atoms with Gasteiger partial charge in [-0.05, 0) is 49.9 Å². The molecule has 0 aliphatic heterocycles. The van der Waals surface area contributed by atoms with Crippen LogP contribution in [0.1, 0.15) is 138 Å². The quantitative estimate of drug-likeness (QED) is 0.188. The molecular weight excluding hydrogens is 368 g/mol. The molecule has 3 atom stereocenters. The van der Waals surface area contributed by atoms with Gasteiger partial charge in [-0.1, -0.05) is 106 Å². The molecule has 0 bridgehead atoms. The molecule has 3 unspecified atom stereocenters. The summed E-state index contributed by atoms with van der Waals surface area (Å²) >= 11 is 0. The van der Waals surface area contributed by atoms with Crippen LogP contribution >= 0.6 is 0 Å². The first-order chi connectivity index (χ1) is 14.1. The maximum Gasteiger partial charge on any atom is 0.0698 e. The summed E-state index contributed by atoms with van der Waals surface area (Å²) in [7, 11) is 0. The van der Waals surface area contributed by atoms with Gasteiger partial charge >= 0.3 is 0 Å². The Balaban J connectivity index is 5.83. The van der Waals surface area contributed by atoms with Gasteiger partial charge in [0.25, 0.3) is 0 Å². The van der Waals surface area contributed by atoms with Gasteiger partial charge in [0.2, 0.25) is 0 Å². The Morgan fingerprint density at radius 2 is 1.23 bits per heavy atom. The summed E-state index contributed by atoms with van der Waals surface area (Å²) in [5.41, 5.74) is 13.2. The Labute approximate surface area is 190 Å². The standard InChI is InChI=1S/C27H58N2O/c1-8-14-16-22(7)18-25(30)21-26(17-15-9-2,19-23(10-3)11-4)27(28,29)20-24(12-5)13-6/h22-25,30H,8-21,28-29H2,1-7H3. The number of hydrogen-bond donors (Lipinski definition) is 3. The minimum Gasteiger partial charge on any atom is -0.393 e. The molecule has 0 saturated heterocycles. The molecule has 0 heterocycles. The topological polar surface area (TPSA) is 72.3 Å². The molecule has 5 N–H and O–H groups in total. The Kier molecular flexibility index (Phi) is 15.6. The van der Waals surface area contributed by atoms with Crippen molar-refractivity contribution in [2.45, 2.75) is 150 Å². The molecule has 0 aromatic heterocycles. The van der Waals surface area contributed by atoms with Crippen molar-refractivity contribution in [1.29, 1.82) is 0 Å². The second kappa shape index (κ2) is 15.6. The molecule has 0 fully saturated rings. The molecule has 0 aromatic rings. The molecule has 182 valence electrons. The van der Waals surface area contributed by atoms with Crippen molar-refractivity contribution in [3.63, 3.8) is 0 Å². The number of rotatable bonds is 19. The summed E-state index contributed by atoms with van der Waals surface area (Å²) in [6.07, 6.45) is 14.8. The SMILES string of the molecule is CCCCC(C)CC(O)CC(CCCC)(CC(CC)CC)C(N)(N)CC(CC)CC. The fraction of sp³-hybridized carbons (Fsp3) is 1.00. The van der Waals surface area contributed by atoms with E-state index in [1.807, 2.05) is 0 Å². The third kappa shape index (κ3) is 10.0. The summed E-state index contributed by atoms with van der Waals surface area (Å²) in [6, 6.07) is 0. The van der Waals surface area contributed by atoms with E-state index in [0.29, 0.717) is 17.8 Å². The molecule has 30 heavy (non-hydrogen) atoms. The van der Waals surface area contributed by atoms with E-state index in [1.165, 1.54) is 19.3 Å². The lowest BCUT2D eigenvalue weighted by molar-refractivity contribution is -0.0108. The van der Waals surface area contributed by atoms with Crippen LogP contribution in [0.25, 0.3) is 0 Å². The summed E-state index contributed by atoms with van der Waals surface area (Å²) in [5, 5.41) is 11.2. The van der Waals surface area contributed by atoms with Crippen molar-refractivity contribution >= 4 is 0 Å². The van der Waals surface area contributed by atoms with Crippen LogP contribution < -0.4 is 11.5 Å². The van der Waals surface area contributed by atoms with Crippen LogP contribution in [-0.4, -0.2) is 16.9 Å². The molecule has 0 aromatic carbocycles. The molecule has 0 amide bonds. The first kappa shape index (κ1) is 29.9.